The van der Waals surface area contributed by atoms with Crippen molar-refractivity contribution in [2.24, 2.45) is 0 Å². The van der Waals surface area contributed by atoms with E-state index in [4.69, 9.17) is 9.47 Å². The maximum absolute atomic E-state index is 5.43. The number of hydrogen-bond acceptors (Lipinski definition) is 6. The molecule has 6 nitrogen and oxygen atoms in total. The predicted octanol–water partition coefficient (Wildman–Crippen LogP) is 4.91. The molecule has 0 atom stereocenters. The summed E-state index contributed by atoms with van der Waals surface area (Å²) in [6.45, 7) is 5.93. The number of nitrogens with one attached hydrogen (secondary N) is 2. The zero-order chi connectivity index (χ0) is 19.4. The van der Waals surface area contributed by atoms with Gasteiger partial charge in [-0.15, -0.1) is 0 Å². The van der Waals surface area contributed by atoms with Gasteiger partial charge in [-0.1, -0.05) is 12.1 Å². The average molecular weight is 364 g/mol. The summed E-state index contributed by atoms with van der Waals surface area (Å²) in [7, 11) is 3.30. The number of methoxy groups -OCH3 is 2. The van der Waals surface area contributed by atoms with Crippen LogP contribution in [0.25, 0.3) is 0 Å². The smallest absolute Gasteiger partial charge is 0.142 e. The Bertz CT molecular complexity index is 883. The second-order valence-corrected chi connectivity index (χ2v) is 6.34. The van der Waals surface area contributed by atoms with Crippen LogP contribution in [0.3, 0.4) is 0 Å². The molecule has 2 aromatic carbocycles. The summed E-state index contributed by atoms with van der Waals surface area (Å²) < 4.78 is 10.9. The van der Waals surface area contributed by atoms with Crippen LogP contribution in [-0.2, 0) is 0 Å². The fourth-order valence-corrected chi connectivity index (χ4v) is 2.81. The third-order valence-electron chi connectivity index (χ3n) is 4.07. The number of rotatable bonds is 6. The minimum atomic E-state index is 0.653. The SMILES string of the molecule is COc1ccc(C)cc1Nc1cc(Nc2cc(C)ccc2OC)nc(C)n1. The Labute approximate surface area is 159 Å². The molecule has 3 rings (SSSR count). The maximum Gasteiger partial charge on any atom is 0.142 e. The van der Waals surface area contributed by atoms with E-state index in [1.807, 2.05) is 63.2 Å². The number of aromatic nitrogens is 2. The molecule has 3 aromatic rings. The van der Waals surface area contributed by atoms with Gasteiger partial charge >= 0.3 is 0 Å². The van der Waals surface area contributed by atoms with Crippen molar-refractivity contribution < 1.29 is 9.47 Å². The van der Waals surface area contributed by atoms with Crippen molar-refractivity contribution in [2.75, 3.05) is 24.9 Å². The van der Waals surface area contributed by atoms with Gasteiger partial charge in [0.05, 0.1) is 25.6 Å². The van der Waals surface area contributed by atoms with E-state index >= 15 is 0 Å². The lowest BCUT2D eigenvalue weighted by atomic mass is 10.2. The average Bonchev–Trinajstić information content (AvgIpc) is 2.61. The first-order valence-corrected chi connectivity index (χ1v) is 8.67. The van der Waals surface area contributed by atoms with Gasteiger partial charge in [0, 0.05) is 6.07 Å². The minimum Gasteiger partial charge on any atom is -0.495 e. The summed E-state index contributed by atoms with van der Waals surface area (Å²) in [6.07, 6.45) is 0. The summed E-state index contributed by atoms with van der Waals surface area (Å²) in [5, 5.41) is 6.65. The van der Waals surface area contributed by atoms with E-state index in [2.05, 4.69) is 20.6 Å². The highest BCUT2D eigenvalue weighted by atomic mass is 16.5. The largest absolute Gasteiger partial charge is 0.495 e. The lowest BCUT2D eigenvalue weighted by Crippen LogP contribution is -2.03. The number of hydrogen-bond donors (Lipinski definition) is 2. The number of anilines is 4. The molecule has 0 fully saturated rings. The van der Waals surface area contributed by atoms with Gasteiger partial charge in [0.25, 0.3) is 0 Å². The predicted molar refractivity (Wildman–Crippen MR) is 109 cm³/mol. The van der Waals surface area contributed by atoms with Crippen LogP contribution in [0.4, 0.5) is 23.0 Å². The van der Waals surface area contributed by atoms with Gasteiger partial charge in [-0.3, -0.25) is 0 Å². The van der Waals surface area contributed by atoms with Crippen molar-refractivity contribution in [3.8, 4) is 11.5 Å². The van der Waals surface area contributed by atoms with Crippen LogP contribution in [0, 0.1) is 20.8 Å². The van der Waals surface area contributed by atoms with Crippen LogP contribution in [-0.4, -0.2) is 24.2 Å². The normalized spacial score (nSPS) is 10.4. The molecule has 0 saturated carbocycles. The van der Waals surface area contributed by atoms with Gasteiger partial charge < -0.3 is 20.1 Å². The van der Waals surface area contributed by atoms with E-state index in [-0.39, 0.29) is 0 Å². The van der Waals surface area contributed by atoms with E-state index in [9.17, 15) is 0 Å². The number of aryl methyl sites for hydroxylation is 3. The lowest BCUT2D eigenvalue weighted by Gasteiger charge is -2.14. The molecule has 1 heterocycles. The highest BCUT2D eigenvalue weighted by Crippen LogP contribution is 2.31. The highest BCUT2D eigenvalue weighted by molar-refractivity contribution is 5.70. The molecular formula is C21H24N4O2. The van der Waals surface area contributed by atoms with Crippen molar-refractivity contribution in [3.05, 3.63) is 59.4 Å². The van der Waals surface area contributed by atoms with E-state index in [1.165, 1.54) is 0 Å². The van der Waals surface area contributed by atoms with Crippen LogP contribution in [0.15, 0.2) is 42.5 Å². The number of nitrogens with zero attached hydrogens (tertiary/aromatic N) is 2. The van der Waals surface area contributed by atoms with Gasteiger partial charge in [-0.25, -0.2) is 9.97 Å². The van der Waals surface area contributed by atoms with E-state index in [0.29, 0.717) is 17.5 Å². The van der Waals surface area contributed by atoms with Crippen LogP contribution in [0.2, 0.25) is 0 Å². The van der Waals surface area contributed by atoms with Crippen LogP contribution < -0.4 is 20.1 Å². The molecule has 27 heavy (non-hydrogen) atoms. The zero-order valence-corrected chi connectivity index (χ0v) is 16.3. The molecule has 0 bridgehead atoms. The van der Waals surface area contributed by atoms with Crippen molar-refractivity contribution >= 4 is 23.0 Å². The second kappa shape index (κ2) is 7.95. The van der Waals surface area contributed by atoms with E-state index in [1.54, 1.807) is 14.2 Å². The molecule has 140 valence electrons. The molecule has 0 radical (unpaired) electrons. The Morgan fingerprint density at radius 1 is 0.667 bits per heavy atom. The molecule has 0 aliphatic rings. The van der Waals surface area contributed by atoms with E-state index < -0.39 is 0 Å². The monoisotopic (exact) mass is 364 g/mol. The summed E-state index contributed by atoms with van der Waals surface area (Å²) >= 11 is 0. The molecule has 0 saturated heterocycles. The van der Waals surface area contributed by atoms with Gasteiger partial charge in [-0.05, 0) is 56.2 Å². The topological polar surface area (TPSA) is 68.3 Å². The third kappa shape index (κ3) is 4.47. The molecule has 0 amide bonds. The third-order valence-corrected chi connectivity index (χ3v) is 4.07. The molecule has 0 aliphatic heterocycles. The first kappa shape index (κ1) is 18.5. The fourth-order valence-electron chi connectivity index (χ4n) is 2.81. The maximum atomic E-state index is 5.43. The van der Waals surface area contributed by atoms with Gasteiger partial charge in [0.2, 0.25) is 0 Å². The second-order valence-electron chi connectivity index (χ2n) is 6.34. The van der Waals surface area contributed by atoms with Crippen LogP contribution >= 0.6 is 0 Å². The van der Waals surface area contributed by atoms with Gasteiger partial charge in [0.1, 0.15) is 29.0 Å². The lowest BCUT2D eigenvalue weighted by molar-refractivity contribution is 0.416. The number of ether oxygens (including phenoxy) is 2. The van der Waals surface area contributed by atoms with Crippen LogP contribution in [0.5, 0.6) is 11.5 Å². The quantitative estimate of drug-likeness (QED) is 0.648. The zero-order valence-electron chi connectivity index (χ0n) is 16.3. The van der Waals surface area contributed by atoms with Crippen molar-refractivity contribution in [2.45, 2.75) is 20.8 Å². The summed E-state index contributed by atoms with van der Waals surface area (Å²) in [6, 6.07) is 13.8. The Kier molecular flexibility index (Phi) is 5.45. The molecule has 6 heteroatoms. The Balaban J connectivity index is 1.92. The van der Waals surface area contributed by atoms with Gasteiger partial charge in [0.15, 0.2) is 0 Å². The fraction of sp³-hybridized carbons (Fsp3) is 0.238. The van der Waals surface area contributed by atoms with Crippen molar-refractivity contribution in [3.63, 3.8) is 0 Å². The first-order valence-electron chi connectivity index (χ1n) is 8.67. The molecular weight excluding hydrogens is 340 g/mol. The van der Waals surface area contributed by atoms with Crippen molar-refractivity contribution in [1.82, 2.24) is 9.97 Å². The highest BCUT2D eigenvalue weighted by Gasteiger charge is 2.09. The Morgan fingerprint density at radius 3 is 1.52 bits per heavy atom. The summed E-state index contributed by atoms with van der Waals surface area (Å²) in [4.78, 5) is 8.97. The van der Waals surface area contributed by atoms with Crippen molar-refractivity contribution in [1.29, 1.82) is 0 Å². The minimum absolute atomic E-state index is 0.653. The Morgan fingerprint density at radius 2 is 1.11 bits per heavy atom. The Hall–Kier alpha value is -3.28. The molecule has 2 N–H and O–H groups in total. The molecule has 0 unspecified atom stereocenters. The summed E-state index contributed by atoms with van der Waals surface area (Å²) in [5.41, 5.74) is 3.98. The van der Waals surface area contributed by atoms with Gasteiger partial charge in [-0.2, -0.15) is 0 Å². The molecule has 0 spiro atoms. The molecule has 0 aliphatic carbocycles. The standard InChI is InChI=1S/C21H24N4O2/c1-13-6-8-18(26-4)16(10-13)24-20-12-21(23-15(3)22-20)25-17-11-14(2)7-9-19(17)27-5/h6-12H,1-5H3,(H2,22,23,24,25). The van der Waals surface area contributed by atoms with E-state index in [0.717, 1.165) is 34.0 Å². The summed E-state index contributed by atoms with van der Waals surface area (Å²) in [5.74, 6) is 3.53. The molecule has 1 aromatic heterocycles. The number of benzene rings is 2. The van der Waals surface area contributed by atoms with Crippen LogP contribution in [0.1, 0.15) is 17.0 Å². The first-order chi connectivity index (χ1) is 13.0.